The van der Waals surface area contributed by atoms with Crippen LogP contribution in [-0.2, 0) is 0 Å². The summed E-state index contributed by atoms with van der Waals surface area (Å²) in [7, 11) is 0. The first-order chi connectivity index (χ1) is 6.94. The second-order valence-electron chi connectivity index (χ2n) is 2.49. The maximum atomic E-state index is 13.2. The lowest BCUT2D eigenvalue weighted by Gasteiger charge is -2.10. The molecule has 1 aromatic carbocycles. The molecule has 0 amide bonds. The van der Waals surface area contributed by atoms with E-state index in [9.17, 15) is 17.6 Å². The van der Waals surface area contributed by atoms with Crippen LogP contribution in [0.4, 0.5) is 17.6 Å². The zero-order valence-corrected chi connectivity index (χ0v) is 7.25. The van der Waals surface area contributed by atoms with Crippen molar-refractivity contribution in [3.8, 4) is 5.75 Å². The van der Waals surface area contributed by atoms with E-state index in [4.69, 9.17) is 5.84 Å². The summed E-state index contributed by atoms with van der Waals surface area (Å²) in [5.74, 6) is 2.67. The normalized spacial score (nSPS) is 12.0. The molecular weight excluding hydrogens is 216 g/mol. The van der Waals surface area contributed by atoms with E-state index >= 15 is 0 Å². The third-order valence-electron chi connectivity index (χ3n) is 1.43. The SMILES string of the molecule is NN=Cc1cccc(OC(F)(F)F)c1F. The number of halogens is 4. The number of alkyl halides is 3. The number of hydrogen-bond acceptors (Lipinski definition) is 3. The quantitative estimate of drug-likeness (QED) is 0.360. The van der Waals surface area contributed by atoms with Crippen LogP contribution in [0.1, 0.15) is 5.56 Å². The fourth-order valence-corrected chi connectivity index (χ4v) is 0.911. The fourth-order valence-electron chi connectivity index (χ4n) is 0.911. The molecule has 0 radical (unpaired) electrons. The first-order valence-corrected chi connectivity index (χ1v) is 3.71. The van der Waals surface area contributed by atoms with Gasteiger partial charge in [0.15, 0.2) is 11.6 Å². The number of hydrogen-bond donors (Lipinski definition) is 1. The molecule has 0 fully saturated rings. The molecule has 0 unspecified atom stereocenters. The average molecular weight is 222 g/mol. The standard InChI is InChI=1S/C8H6F4N2O/c9-7-5(4-14-13)2-1-3-6(7)15-8(10,11)12/h1-4H,13H2. The molecule has 1 aromatic rings. The van der Waals surface area contributed by atoms with Gasteiger partial charge in [-0.1, -0.05) is 12.1 Å². The second kappa shape index (κ2) is 4.16. The topological polar surface area (TPSA) is 47.6 Å². The Labute approximate surface area is 82.1 Å². The summed E-state index contributed by atoms with van der Waals surface area (Å²) in [5, 5.41) is 3.00. The van der Waals surface area contributed by atoms with Crippen molar-refractivity contribution < 1.29 is 22.3 Å². The van der Waals surface area contributed by atoms with Crippen LogP contribution in [0, 0.1) is 5.82 Å². The molecule has 0 aliphatic rings. The van der Waals surface area contributed by atoms with E-state index in [0.717, 1.165) is 12.3 Å². The van der Waals surface area contributed by atoms with Crippen molar-refractivity contribution in [3.05, 3.63) is 29.6 Å². The second-order valence-corrected chi connectivity index (χ2v) is 2.49. The molecule has 15 heavy (non-hydrogen) atoms. The summed E-state index contributed by atoms with van der Waals surface area (Å²) in [6, 6.07) is 3.27. The van der Waals surface area contributed by atoms with Gasteiger partial charge in [-0.25, -0.2) is 4.39 Å². The number of benzene rings is 1. The van der Waals surface area contributed by atoms with Gasteiger partial charge in [-0.05, 0) is 6.07 Å². The maximum Gasteiger partial charge on any atom is 0.573 e. The molecule has 0 heterocycles. The monoisotopic (exact) mass is 222 g/mol. The Bertz CT molecular complexity index is 375. The first-order valence-electron chi connectivity index (χ1n) is 3.71. The molecule has 0 bridgehead atoms. The van der Waals surface area contributed by atoms with Gasteiger partial charge >= 0.3 is 6.36 Å². The van der Waals surface area contributed by atoms with Gasteiger partial charge in [0.2, 0.25) is 0 Å². The van der Waals surface area contributed by atoms with Crippen molar-refractivity contribution >= 4 is 6.21 Å². The minimum absolute atomic E-state index is 0.181. The highest BCUT2D eigenvalue weighted by Gasteiger charge is 2.32. The average Bonchev–Trinajstić information content (AvgIpc) is 2.10. The lowest BCUT2D eigenvalue weighted by atomic mass is 10.2. The highest BCUT2D eigenvalue weighted by molar-refractivity contribution is 5.80. The van der Waals surface area contributed by atoms with Crippen molar-refractivity contribution in [2.45, 2.75) is 6.36 Å². The predicted octanol–water partition coefficient (Wildman–Crippen LogP) is 2.02. The molecule has 0 aliphatic heterocycles. The number of hydrazone groups is 1. The maximum absolute atomic E-state index is 13.2. The predicted molar refractivity (Wildman–Crippen MR) is 44.9 cm³/mol. The summed E-state index contributed by atoms with van der Waals surface area (Å²) in [6.45, 7) is 0. The summed E-state index contributed by atoms with van der Waals surface area (Å²) in [6.07, 6.45) is -4.04. The molecule has 2 N–H and O–H groups in total. The molecule has 0 aromatic heterocycles. The van der Waals surface area contributed by atoms with Crippen molar-refractivity contribution in [1.82, 2.24) is 0 Å². The lowest BCUT2D eigenvalue weighted by molar-refractivity contribution is -0.275. The minimum atomic E-state index is -4.93. The number of nitrogens with two attached hydrogens (primary N) is 1. The number of nitrogens with zero attached hydrogens (tertiary/aromatic N) is 1. The van der Waals surface area contributed by atoms with Gasteiger partial charge in [-0.3, -0.25) is 0 Å². The molecule has 0 atom stereocenters. The van der Waals surface area contributed by atoms with Gasteiger partial charge in [0.1, 0.15) is 0 Å². The molecule has 0 spiro atoms. The Kier molecular flexibility index (Phi) is 3.13. The van der Waals surface area contributed by atoms with Crippen molar-refractivity contribution in [2.75, 3.05) is 0 Å². The van der Waals surface area contributed by atoms with Crippen molar-refractivity contribution in [2.24, 2.45) is 10.9 Å². The molecule has 7 heteroatoms. The summed E-state index contributed by atoms with van der Waals surface area (Å²) in [4.78, 5) is 0. The van der Waals surface area contributed by atoms with E-state index in [1.54, 1.807) is 0 Å². The van der Waals surface area contributed by atoms with E-state index in [0.29, 0.717) is 0 Å². The van der Waals surface area contributed by atoms with Crippen LogP contribution in [0.3, 0.4) is 0 Å². The molecule has 3 nitrogen and oxygen atoms in total. The van der Waals surface area contributed by atoms with E-state index < -0.39 is 17.9 Å². The van der Waals surface area contributed by atoms with Gasteiger partial charge in [-0.2, -0.15) is 5.10 Å². The number of rotatable bonds is 2. The van der Waals surface area contributed by atoms with E-state index in [-0.39, 0.29) is 5.56 Å². The van der Waals surface area contributed by atoms with Crippen LogP contribution in [0.25, 0.3) is 0 Å². The minimum Gasteiger partial charge on any atom is -0.403 e. The van der Waals surface area contributed by atoms with Crippen LogP contribution in [0.2, 0.25) is 0 Å². The van der Waals surface area contributed by atoms with Crippen molar-refractivity contribution in [1.29, 1.82) is 0 Å². The van der Waals surface area contributed by atoms with Gasteiger partial charge in [-0.15, -0.1) is 13.2 Å². The van der Waals surface area contributed by atoms with E-state index in [1.165, 1.54) is 12.1 Å². The van der Waals surface area contributed by atoms with Gasteiger partial charge in [0.25, 0.3) is 0 Å². The smallest absolute Gasteiger partial charge is 0.403 e. The first kappa shape index (κ1) is 11.3. The van der Waals surface area contributed by atoms with Crippen LogP contribution in [-0.4, -0.2) is 12.6 Å². The van der Waals surface area contributed by atoms with Crippen LogP contribution >= 0.6 is 0 Å². The Balaban J connectivity index is 3.04. The van der Waals surface area contributed by atoms with E-state index in [2.05, 4.69) is 9.84 Å². The van der Waals surface area contributed by atoms with Crippen molar-refractivity contribution in [3.63, 3.8) is 0 Å². The van der Waals surface area contributed by atoms with E-state index in [1.807, 2.05) is 0 Å². The van der Waals surface area contributed by atoms with Gasteiger partial charge in [0.05, 0.1) is 6.21 Å². The summed E-state index contributed by atoms with van der Waals surface area (Å²) >= 11 is 0. The summed E-state index contributed by atoms with van der Waals surface area (Å²) < 4.78 is 52.0. The lowest BCUT2D eigenvalue weighted by Crippen LogP contribution is -2.18. The van der Waals surface area contributed by atoms with Crippen LogP contribution < -0.4 is 10.6 Å². The third-order valence-corrected chi connectivity index (χ3v) is 1.43. The molecule has 0 saturated carbocycles. The van der Waals surface area contributed by atoms with Gasteiger partial charge in [0, 0.05) is 5.56 Å². The fraction of sp³-hybridized carbons (Fsp3) is 0.125. The third kappa shape index (κ3) is 3.12. The highest BCUT2D eigenvalue weighted by Crippen LogP contribution is 2.26. The molecule has 0 aliphatic carbocycles. The summed E-state index contributed by atoms with van der Waals surface area (Å²) in [5.41, 5.74) is -0.181. The van der Waals surface area contributed by atoms with Crippen LogP contribution in [0.15, 0.2) is 23.3 Å². The Hall–Kier alpha value is -1.79. The molecule has 82 valence electrons. The number of ether oxygens (including phenoxy) is 1. The highest BCUT2D eigenvalue weighted by atomic mass is 19.4. The molecule has 1 rings (SSSR count). The molecular formula is C8H6F4N2O. The Morgan fingerprint density at radius 1 is 1.33 bits per heavy atom. The zero-order chi connectivity index (χ0) is 11.5. The Morgan fingerprint density at radius 2 is 2.00 bits per heavy atom. The largest absolute Gasteiger partial charge is 0.573 e. The van der Waals surface area contributed by atoms with Gasteiger partial charge < -0.3 is 10.6 Å². The Morgan fingerprint density at radius 3 is 2.53 bits per heavy atom. The zero-order valence-electron chi connectivity index (χ0n) is 7.25. The van der Waals surface area contributed by atoms with Crippen LogP contribution in [0.5, 0.6) is 5.75 Å². The molecule has 0 saturated heterocycles.